The third-order valence-electron chi connectivity index (χ3n) is 5.55. The summed E-state index contributed by atoms with van der Waals surface area (Å²) in [4.78, 5) is 3.19. The Morgan fingerprint density at radius 2 is 1.85 bits per heavy atom. The van der Waals surface area contributed by atoms with Crippen molar-refractivity contribution in [2.45, 2.75) is 61.7 Å². The van der Waals surface area contributed by atoms with Gasteiger partial charge < -0.3 is 5.32 Å². The van der Waals surface area contributed by atoms with Gasteiger partial charge in [0.15, 0.2) is 0 Å². The molecule has 1 aromatic carbocycles. The van der Waals surface area contributed by atoms with Gasteiger partial charge in [-0.25, -0.2) is 0 Å². The van der Waals surface area contributed by atoms with Gasteiger partial charge in [-0.15, -0.1) is 11.8 Å². The second-order valence-electron chi connectivity index (χ2n) is 7.24. The van der Waals surface area contributed by atoms with Crippen molar-refractivity contribution in [3.63, 3.8) is 0 Å². The molecule has 1 aromatic rings. The molecule has 0 aromatic heterocycles. The van der Waals surface area contributed by atoms with Crippen LogP contribution in [0.5, 0.6) is 0 Å². The van der Waals surface area contributed by atoms with Crippen LogP contribution in [0.4, 0.5) is 13.2 Å². The van der Waals surface area contributed by atoms with Crippen molar-refractivity contribution in [2.75, 3.05) is 19.3 Å². The molecule has 0 radical (unpaired) electrons. The van der Waals surface area contributed by atoms with Crippen LogP contribution in [0.1, 0.15) is 49.7 Å². The summed E-state index contributed by atoms with van der Waals surface area (Å²) in [5.41, 5.74) is 0.904. The zero-order valence-electron chi connectivity index (χ0n) is 15.2. The number of nitrogens with zero attached hydrogens (tertiary/aromatic N) is 1. The second kappa shape index (κ2) is 8.26. The van der Waals surface area contributed by atoms with Gasteiger partial charge in [0.05, 0.1) is 5.56 Å². The van der Waals surface area contributed by atoms with Gasteiger partial charge in [-0.1, -0.05) is 25.5 Å². The van der Waals surface area contributed by atoms with Crippen LogP contribution in [0, 0.1) is 0 Å². The Kier molecular flexibility index (Phi) is 6.23. The van der Waals surface area contributed by atoms with Gasteiger partial charge in [-0.05, 0) is 57.2 Å². The first-order chi connectivity index (χ1) is 12.4. The summed E-state index contributed by atoms with van der Waals surface area (Å²) >= 11 is 1.33. The number of alkyl halides is 3. The Balaban J connectivity index is 1.76. The Hall–Kier alpha value is -1.14. The van der Waals surface area contributed by atoms with Crippen molar-refractivity contribution in [1.82, 2.24) is 10.2 Å². The standard InChI is InChI=1S/C20H27F3N2S/c1-14(16-10-9-15(20(21,22)23)13-19(16)26-2)24-17-7-3-4-8-18(17)25-11-5-6-12-25/h9-10,13,17-18,24H,1,3-8,11-12H2,2H3/t17-,18-/m0/s1. The molecule has 0 spiro atoms. The van der Waals surface area contributed by atoms with Gasteiger partial charge in [-0.2, -0.15) is 13.2 Å². The SMILES string of the molecule is C=C(N[C@H]1CCCC[C@@H]1N1CCCC1)c1ccc(C(F)(F)F)cc1SC. The third kappa shape index (κ3) is 4.39. The highest BCUT2D eigenvalue weighted by Gasteiger charge is 2.33. The molecule has 0 bridgehead atoms. The summed E-state index contributed by atoms with van der Waals surface area (Å²) in [6, 6.07) is 4.77. The molecular weight excluding hydrogens is 357 g/mol. The lowest BCUT2D eigenvalue weighted by atomic mass is 9.89. The lowest BCUT2D eigenvalue weighted by molar-refractivity contribution is -0.137. The molecule has 1 heterocycles. The molecule has 3 rings (SSSR count). The van der Waals surface area contributed by atoms with Crippen LogP contribution in [0.3, 0.4) is 0 Å². The zero-order chi connectivity index (χ0) is 18.7. The van der Waals surface area contributed by atoms with Crippen LogP contribution >= 0.6 is 11.8 Å². The fourth-order valence-electron chi connectivity index (χ4n) is 4.21. The third-order valence-corrected chi connectivity index (χ3v) is 6.33. The van der Waals surface area contributed by atoms with E-state index in [0.717, 1.165) is 36.8 Å². The minimum atomic E-state index is -4.32. The predicted octanol–water partition coefficient (Wildman–Crippen LogP) is 5.39. The maximum atomic E-state index is 13.0. The number of hydrogen-bond donors (Lipinski definition) is 1. The smallest absolute Gasteiger partial charge is 0.381 e. The van der Waals surface area contributed by atoms with E-state index in [1.807, 2.05) is 0 Å². The van der Waals surface area contributed by atoms with Crippen LogP contribution in [0.15, 0.2) is 29.7 Å². The molecule has 2 atom stereocenters. The number of halogens is 3. The topological polar surface area (TPSA) is 15.3 Å². The number of likely N-dealkylation sites (tertiary alicyclic amines) is 1. The summed E-state index contributed by atoms with van der Waals surface area (Å²) in [5.74, 6) is 0. The Morgan fingerprint density at radius 1 is 1.15 bits per heavy atom. The summed E-state index contributed by atoms with van der Waals surface area (Å²) < 4.78 is 38.9. The molecule has 26 heavy (non-hydrogen) atoms. The molecule has 144 valence electrons. The van der Waals surface area contributed by atoms with Crippen LogP contribution in [0.25, 0.3) is 5.70 Å². The van der Waals surface area contributed by atoms with E-state index < -0.39 is 11.7 Å². The molecule has 1 saturated carbocycles. The maximum Gasteiger partial charge on any atom is 0.416 e. The molecule has 2 nitrogen and oxygen atoms in total. The van der Waals surface area contributed by atoms with Gasteiger partial charge in [-0.3, -0.25) is 4.90 Å². The number of benzene rings is 1. The van der Waals surface area contributed by atoms with E-state index in [9.17, 15) is 13.2 Å². The highest BCUT2D eigenvalue weighted by molar-refractivity contribution is 7.98. The lowest BCUT2D eigenvalue weighted by Crippen LogP contribution is -2.50. The van der Waals surface area contributed by atoms with E-state index in [1.165, 1.54) is 49.9 Å². The number of thioether (sulfide) groups is 1. The molecule has 1 aliphatic heterocycles. The highest BCUT2D eigenvalue weighted by Crippen LogP contribution is 2.35. The molecule has 2 aliphatic rings. The van der Waals surface area contributed by atoms with Crippen LogP contribution in [-0.4, -0.2) is 36.3 Å². The van der Waals surface area contributed by atoms with E-state index >= 15 is 0 Å². The summed E-state index contributed by atoms with van der Waals surface area (Å²) in [6.45, 7) is 6.47. The van der Waals surface area contributed by atoms with E-state index in [-0.39, 0.29) is 0 Å². The normalized spacial score (nSPS) is 24.6. The summed E-state index contributed by atoms with van der Waals surface area (Å²) in [5, 5.41) is 3.56. The van der Waals surface area contributed by atoms with Crippen molar-refractivity contribution >= 4 is 17.5 Å². The average Bonchev–Trinajstić information content (AvgIpc) is 3.15. The molecule has 1 saturated heterocycles. The number of nitrogens with one attached hydrogen (secondary N) is 1. The first-order valence-corrected chi connectivity index (χ1v) is 10.6. The average molecular weight is 385 g/mol. The molecule has 1 aliphatic carbocycles. The lowest BCUT2D eigenvalue weighted by Gasteiger charge is -2.39. The summed E-state index contributed by atoms with van der Waals surface area (Å²) in [7, 11) is 0. The van der Waals surface area contributed by atoms with E-state index in [4.69, 9.17) is 0 Å². The van der Waals surface area contributed by atoms with Gasteiger partial charge in [0, 0.05) is 28.2 Å². The monoisotopic (exact) mass is 384 g/mol. The Bertz CT molecular complexity index is 638. The molecular formula is C20H27F3N2S. The van der Waals surface area contributed by atoms with Crippen LogP contribution < -0.4 is 5.32 Å². The summed E-state index contributed by atoms with van der Waals surface area (Å²) in [6.07, 6.45) is 4.74. The minimum absolute atomic E-state index is 0.325. The molecule has 1 N–H and O–H groups in total. The fourth-order valence-corrected chi connectivity index (χ4v) is 4.86. The molecule has 2 fully saturated rings. The van der Waals surface area contributed by atoms with E-state index in [1.54, 1.807) is 12.3 Å². The van der Waals surface area contributed by atoms with Gasteiger partial charge in [0.2, 0.25) is 0 Å². The number of hydrogen-bond acceptors (Lipinski definition) is 3. The van der Waals surface area contributed by atoms with Gasteiger partial charge in [0.25, 0.3) is 0 Å². The molecule has 6 heteroatoms. The predicted molar refractivity (Wildman–Crippen MR) is 102 cm³/mol. The van der Waals surface area contributed by atoms with Crippen molar-refractivity contribution in [1.29, 1.82) is 0 Å². The number of rotatable bonds is 5. The van der Waals surface area contributed by atoms with Crippen LogP contribution in [0.2, 0.25) is 0 Å². The van der Waals surface area contributed by atoms with Crippen molar-refractivity contribution in [3.8, 4) is 0 Å². The largest absolute Gasteiger partial charge is 0.416 e. The second-order valence-corrected chi connectivity index (χ2v) is 8.09. The van der Waals surface area contributed by atoms with E-state index in [0.29, 0.717) is 17.0 Å². The Morgan fingerprint density at radius 3 is 2.50 bits per heavy atom. The minimum Gasteiger partial charge on any atom is -0.381 e. The van der Waals surface area contributed by atoms with Gasteiger partial charge >= 0.3 is 6.18 Å². The molecule has 0 unspecified atom stereocenters. The fraction of sp³-hybridized carbons (Fsp3) is 0.600. The van der Waals surface area contributed by atoms with Crippen molar-refractivity contribution in [2.24, 2.45) is 0 Å². The Labute approximate surface area is 158 Å². The first-order valence-electron chi connectivity index (χ1n) is 9.35. The first kappa shape index (κ1) is 19.6. The zero-order valence-corrected chi connectivity index (χ0v) is 16.1. The maximum absolute atomic E-state index is 13.0. The molecule has 0 amide bonds. The van der Waals surface area contributed by atoms with Crippen LogP contribution in [-0.2, 0) is 6.18 Å². The quantitative estimate of drug-likeness (QED) is 0.685. The van der Waals surface area contributed by atoms with E-state index in [2.05, 4.69) is 16.8 Å². The van der Waals surface area contributed by atoms with Crippen molar-refractivity contribution < 1.29 is 13.2 Å². The van der Waals surface area contributed by atoms with Crippen molar-refractivity contribution in [3.05, 3.63) is 35.9 Å². The highest BCUT2D eigenvalue weighted by atomic mass is 32.2. The van der Waals surface area contributed by atoms with Gasteiger partial charge in [0.1, 0.15) is 0 Å².